The van der Waals surface area contributed by atoms with Crippen LogP contribution in [0, 0.1) is 26.7 Å². The lowest BCUT2D eigenvalue weighted by Gasteiger charge is -2.29. The minimum absolute atomic E-state index is 0.0118. The molecule has 0 bridgehead atoms. The van der Waals surface area contributed by atoms with Gasteiger partial charge in [-0.25, -0.2) is 0 Å². The molecule has 6 radical (unpaired) electrons. The molecule has 5 heteroatoms. The Morgan fingerprint density at radius 3 is 1.64 bits per heavy atom. The Morgan fingerprint density at radius 1 is 0.929 bits per heavy atom. The van der Waals surface area contributed by atoms with Gasteiger partial charge in [0.25, 0.3) is 6.47 Å². The van der Waals surface area contributed by atoms with Crippen molar-refractivity contribution in [3.8, 4) is 0 Å². The Balaban J connectivity index is 4.28. The van der Waals surface area contributed by atoms with Crippen molar-refractivity contribution in [1.29, 1.82) is 0 Å². The zero-order valence-electron chi connectivity index (χ0n) is 7.68. The molecule has 0 aliphatic rings. The molecule has 0 spiro atoms. The van der Waals surface area contributed by atoms with Gasteiger partial charge in [0.15, 0.2) is 0 Å². The first-order chi connectivity index (χ1) is 6.74. The molecule has 0 saturated carbocycles. The van der Waals surface area contributed by atoms with Crippen molar-refractivity contribution in [1.82, 2.24) is 0 Å². The topological polar surface area (TPSA) is 54.0 Å². The van der Waals surface area contributed by atoms with E-state index in [2.05, 4.69) is 18.9 Å². The predicted octanol–water partition coefficient (Wildman–Crippen LogP) is 0.201. The van der Waals surface area contributed by atoms with Gasteiger partial charge in [-0.05, 0) is 0 Å². The van der Waals surface area contributed by atoms with Gasteiger partial charge in [0, 0.05) is 0 Å². The molecular formula is C9H12O5. The first-order valence-corrected chi connectivity index (χ1v) is 3.75. The highest BCUT2D eigenvalue weighted by Crippen LogP contribution is 2.19. The maximum absolute atomic E-state index is 10.0. The number of hydrogen-bond donors (Lipinski definition) is 0. The van der Waals surface area contributed by atoms with E-state index in [9.17, 15) is 4.79 Å². The van der Waals surface area contributed by atoms with Crippen molar-refractivity contribution in [2.45, 2.75) is 0 Å². The van der Waals surface area contributed by atoms with Gasteiger partial charge in [0.1, 0.15) is 27.9 Å². The lowest BCUT2D eigenvalue weighted by molar-refractivity contribution is -0.137. The monoisotopic (exact) mass is 200 g/mol. The molecule has 0 saturated heterocycles. The molecule has 0 amide bonds. The average Bonchev–Trinajstić information content (AvgIpc) is 2.16. The summed E-state index contributed by atoms with van der Waals surface area (Å²) in [7, 11) is 14.7. The highest BCUT2D eigenvalue weighted by atomic mass is 16.5. The molecule has 14 heavy (non-hydrogen) atoms. The Kier molecular flexibility index (Phi) is 7.37. The van der Waals surface area contributed by atoms with E-state index in [-0.39, 0.29) is 32.9 Å². The third-order valence-electron chi connectivity index (χ3n) is 1.63. The molecule has 78 valence electrons. The molecule has 0 atom stereocenters. The first-order valence-electron chi connectivity index (χ1n) is 3.75. The van der Waals surface area contributed by atoms with Gasteiger partial charge in [-0.3, -0.25) is 4.79 Å². The minimum Gasteiger partial charge on any atom is -0.467 e. The van der Waals surface area contributed by atoms with Crippen molar-refractivity contribution in [3.63, 3.8) is 0 Å². The lowest BCUT2D eigenvalue weighted by Crippen LogP contribution is -2.40. The van der Waals surface area contributed by atoms with Gasteiger partial charge < -0.3 is 18.9 Å². The van der Waals surface area contributed by atoms with E-state index >= 15 is 0 Å². The Labute approximate surface area is 84.3 Å². The summed E-state index contributed by atoms with van der Waals surface area (Å²) >= 11 is 0. The van der Waals surface area contributed by atoms with Crippen LogP contribution in [0.1, 0.15) is 0 Å². The van der Waals surface area contributed by atoms with E-state index in [0.29, 0.717) is 0 Å². The Morgan fingerprint density at radius 2 is 1.36 bits per heavy atom. The molecule has 0 aromatic heterocycles. The van der Waals surface area contributed by atoms with E-state index in [4.69, 9.17) is 21.3 Å². The normalized spacial score (nSPS) is 11.4. The van der Waals surface area contributed by atoms with Gasteiger partial charge in [-0.1, -0.05) is 0 Å². The van der Waals surface area contributed by atoms with Crippen LogP contribution in [-0.2, 0) is 23.7 Å². The van der Waals surface area contributed by atoms with Crippen molar-refractivity contribution in [3.05, 3.63) is 21.3 Å². The SMILES string of the molecule is [CH]OCC(CO[CH])(CO[CH])COC=O. The van der Waals surface area contributed by atoms with Crippen LogP contribution in [0.3, 0.4) is 0 Å². The summed E-state index contributed by atoms with van der Waals surface area (Å²) < 4.78 is 17.9. The molecule has 0 N–H and O–H groups in total. The summed E-state index contributed by atoms with van der Waals surface area (Å²) in [6.45, 7) is 0.389. The van der Waals surface area contributed by atoms with E-state index in [1.807, 2.05) is 0 Å². The number of carbonyl (C=O) groups is 1. The van der Waals surface area contributed by atoms with Crippen LogP contribution >= 0.6 is 0 Å². The third-order valence-corrected chi connectivity index (χ3v) is 1.63. The van der Waals surface area contributed by atoms with Crippen LogP contribution in [0.25, 0.3) is 0 Å². The van der Waals surface area contributed by atoms with Crippen LogP contribution in [0.2, 0.25) is 0 Å². The van der Waals surface area contributed by atoms with Crippen molar-refractivity contribution in [2.75, 3.05) is 26.4 Å². The maximum Gasteiger partial charge on any atom is 0.293 e. The quantitative estimate of drug-likeness (QED) is 0.498. The van der Waals surface area contributed by atoms with E-state index in [0.717, 1.165) is 0 Å². The van der Waals surface area contributed by atoms with Gasteiger partial charge in [0.2, 0.25) is 0 Å². The Hall–Kier alpha value is -0.650. The smallest absolute Gasteiger partial charge is 0.293 e. The summed E-state index contributed by atoms with van der Waals surface area (Å²) in [4.78, 5) is 10.0. The second-order valence-electron chi connectivity index (χ2n) is 2.84. The fourth-order valence-corrected chi connectivity index (χ4v) is 0.991. The predicted molar refractivity (Wildman–Crippen MR) is 45.2 cm³/mol. The van der Waals surface area contributed by atoms with Crippen LogP contribution in [0.15, 0.2) is 0 Å². The van der Waals surface area contributed by atoms with Crippen molar-refractivity contribution in [2.24, 2.45) is 5.41 Å². The highest BCUT2D eigenvalue weighted by molar-refractivity contribution is 5.37. The summed E-state index contributed by atoms with van der Waals surface area (Å²) in [6.07, 6.45) is 0. The van der Waals surface area contributed by atoms with Gasteiger partial charge in [-0.15, -0.1) is 0 Å². The minimum atomic E-state index is -0.792. The number of carbonyl (C=O) groups excluding carboxylic acids is 1. The summed E-state index contributed by atoms with van der Waals surface area (Å²) in [5, 5.41) is 0. The second-order valence-corrected chi connectivity index (χ2v) is 2.84. The number of hydrogen-bond acceptors (Lipinski definition) is 5. The molecule has 0 unspecified atom stereocenters. The van der Waals surface area contributed by atoms with Gasteiger partial charge >= 0.3 is 0 Å². The van der Waals surface area contributed by atoms with Crippen LogP contribution in [0.4, 0.5) is 0 Å². The van der Waals surface area contributed by atoms with Crippen molar-refractivity contribution >= 4 is 6.47 Å². The molecule has 0 heterocycles. The van der Waals surface area contributed by atoms with Crippen LogP contribution in [-0.4, -0.2) is 32.9 Å². The zero-order valence-corrected chi connectivity index (χ0v) is 7.68. The van der Waals surface area contributed by atoms with Gasteiger partial charge in [-0.2, -0.15) is 0 Å². The highest BCUT2D eigenvalue weighted by Gasteiger charge is 2.32. The molecule has 0 fully saturated rings. The molecule has 0 aromatic rings. The maximum atomic E-state index is 10.0. The molecular weight excluding hydrogens is 188 g/mol. The largest absolute Gasteiger partial charge is 0.467 e. The summed E-state index contributed by atoms with van der Waals surface area (Å²) in [5.41, 5.74) is -0.792. The molecule has 0 aliphatic heterocycles. The number of ether oxygens (including phenoxy) is 4. The molecule has 0 aliphatic carbocycles. The Bertz CT molecular complexity index is 131. The van der Waals surface area contributed by atoms with Crippen LogP contribution in [0.5, 0.6) is 0 Å². The van der Waals surface area contributed by atoms with E-state index in [1.54, 1.807) is 0 Å². The molecule has 0 aromatic carbocycles. The average molecular weight is 200 g/mol. The summed E-state index contributed by atoms with van der Waals surface area (Å²) in [6, 6.07) is 0. The second kappa shape index (κ2) is 7.73. The molecule has 5 nitrogen and oxygen atoms in total. The van der Waals surface area contributed by atoms with Gasteiger partial charge in [0.05, 0.1) is 25.2 Å². The van der Waals surface area contributed by atoms with Crippen LogP contribution < -0.4 is 0 Å². The standard InChI is InChI=1S/C9H12O5/c1-11-4-9(5-12-2,6-13-3)7-14-8-10/h1-3,8H,4-7H2. The zero-order chi connectivity index (χ0) is 10.9. The van der Waals surface area contributed by atoms with Crippen molar-refractivity contribution < 1.29 is 23.7 Å². The summed E-state index contributed by atoms with van der Waals surface area (Å²) in [5.74, 6) is 0. The first kappa shape index (κ1) is 13.4. The fraction of sp³-hybridized carbons (Fsp3) is 0.556. The van der Waals surface area contributed by atoms with E-state index < -0.39 is 5.41 Å². The number of rotatable bonds is 9. The molecule has 0 rings (SSSR count). The lowest BCUT2D eigenvalue weighted by atomic mass is 9.92. The van der Waals surface area contributed by atoms with E-state index in [1.165, 1.54) is 0 Å². The third kappa shape index (κ3) is 4.55. The fourth-order valence-electron chi connectivity index (χ4n) is 0.991.